The van der Waals surface area contributed by atoms with Crippen LogP contribution in [-0.4, -0.2) is 64.9 Å². The fraction of sp³-hybridized carbons (Fsp3) is 0.480. The van der Waals surface area contributed by atoms with Crippen LogP contribution in [0.3, 0.4) is 0 Å². The number of hydrogen-bond acceptors (Lipinski definition) is 5. The Morgan fingerprint density at radius 1 is 1.12 bits per heavy atom. The van der Waals surface area contributed by atoms with Crippen LogP contribution in [0, 0.1) is 6.92 Å². The minimum atomic E-state index is -0.274. The van der Waals surface area contributed by atoms with Crippen LogP contribution in [0.25, 0.3) is 0 Å². The molecule has 3 heterocycles. The van der Waals surface area contributed by atoms with Crippen LogP contribution in [-0.2, 0) is 22.5 Å². The van der Waals surface area contributed by atoms with E-state index in [0.717, 1.165) is 49.2 Å². The van der Waals surface area contributed by atoms with E-state index >= 15 is 0 Å². The van der Waals surface area contributed by atoms with E-state index in [0.29, 0.717) is 28.8 Å². The van der Waals surface area contributed by atoms with E-state index in [9.17, 15) is 9.59 Å². The summed E-state index contributed by atoms with van der Waals surface area (Å²) in [5, 5.41) is 1.05. The summed E-state index contributed by atoms with van der Waals surface area (Å²) < 4.78 is 5.59. The van der Waals surface area contributed by atoms with Gasteiger partial charge < -0.3 is 9.64 Å². The van der Waals surface area contributed by atoms with E-state index in [1.165, 1.54) is 12.4 Å². The normalized spacial score (nSPS) is 21.4. The minimum Gasteiger partial charge on any atom is -0.368 e. The molecule has 176 valence electrons. The van der Waals surface area contributed by atoms with E-state index in [4.69, 9.17) is 27.9 Å². The van der Waals surface area contributed by atoms with E-state index in [1.54, 1.807) is 6.07 Å². The van der Waals surface area contributed by atoms with Crippen LogP contribution in [0.5, 0.6) is 0 Å². The van der Waals surface area contributed by atoms with Crippen molar-refractivity contribution < 1.29 is 14.3 Å². The molecular weight excluding hydrogens is 461 g/mol. The van der Waals surface area contributed by atoms with Gasteiger partial charge in [-0.15, -0.1) is 0 Å². The first-order valence-corrected chi connectivity index (χ1v) is 12.1. The van der Waals surface area contributed by atoms with Gasteiger partial charge in [-0.05, 0) is 61.6 Å². The summed E-state index contributed by atoms with van der Waals surface area (Å²) in [5.41, 5.74) is 3.56. The van der Waals surface area contributed by atoms with Crippen LogP contribution in [0.4, 0.5) is 0 Å². The number of ether oxygens (including phenoxy) is 1. The van der Waals surface area contributed by atoms with Gasteiger partial charge in [-0.1, -0.05) is 23.2 Å². The Hall–Kier alpha value is -1.99. The molecule has 2 saturated heterocycles. The molecule has 2 aliphatic rings. The maximum absolute atomic E-state index is 12.8. The van der Waals surface area contributed by atoms with Gasteiger partial charge in [-0.2, -0.15) is 0 Å². The lowest BCUT2D eigenvalue weighted by molar-refractivity contribution is -0.145. The van der Waals surface area contributed by atoms with Crippen molar-refractivity contribution in [2.45, 2.75) is 51.8 Å². The van der Waals surface area contributed by atoms with Gasteiger partial charge in [0.15, 0.2) is 5.78 Å². The first-order valence-electron chi connectivity index (χ1n) is 11.4. The highest BCUT2D eigenvalue weighted by Gasteiger charge is 2.34. The van der Waals surface area contributed by atoms with Crippen LogP contribution in [0.1, 0.15) is 46.8 Å². The Morgan fingerprint density at radius 3 is 2.61 bits per heavy atom. The van der Waals surface area contributed by atoms with Crippen molar-refractivity contribution in [3.05, 3.63) is 62.9 Å². The second kappa shape index (κ2) is 10.5. The summed E-state index contributed by atoms with van der Waals surface area (Å²) in [4.78, 5) is 33.9. The second-order valence-corrected chi connectivity index (χ2v) is 9.83. The van der Waals surface area contributed by atoms with Gasteiger partial charge in [0, 0.05) is 68.2 Å². The number of rotatable bonds is 6. The smallest absolute Gasteiger partial charge is 0.252 e. The molecule has 1 amide bonds. The molecule has 0 radical (unpaired) electrons. The number of carbonyl (C=O) groups is 2. The fourth-order valence-electron chi connectivity index (χ4n) is 4.69. The quantitative estimate of drug-likeness (QED) is 0.564. The van der Waals surface area contributed by atoms with Gasteiger partial charge in [-0.25, -0.2) is 0 Å². The first-order chi connectivity index (χ1) is 15.8. The average molecular weight is 490 g/mol. The number of piperazine rings is 1. The lowest BCUT2D eigenvalue weighted by Crippen LogP contribution is -2.55. The standard InChI is InChI=1S/C25H29Cl2N3O3/c1-16-14-29(5-6-30(16)25(32)24-4-3-7-33-24)15-20-10-21(26)8-18(17(20)2)11-23(31)19-9-22(27)13-28-12-19/h8-10,12-13,16,24H,3-7,11,14-15H2,1-2H3/t16-,24+/m0/s1. The topological polar surface area (TPSA) is 62.7 Å². The van der Waals surface area contributed by atoms with Crippen LogP contribution < -0.4 is 0 Å². The molecule has 0 N–H and O–H groups in total. The lowest BCUT2D eigenvalue weighted by atomic mass is 9.96. The van der Waals surface area contributed by atoms with Crippen molar-refractivity contribution >= 4 is 34.9 Å². The zero-order valence-electron chi connectivity index (χ0n) is 19.0. The summed E-state index contributed by atoms with van der Waals surface area (Å²) in [6, 6.07) is 5.58. The van der Waals surface area contributed by atoms with Gasteiger partial charge >= 0.3 is 0 Å². The average Bonchev–Trinajstić information content (AvgIpc) is 3.31. The maximum atomic E-state index is 12.8. The Bertz CT molecular complexity index is 1040. The third kappa shape index (κ3) is 5.75. The van der Waals surface area contributed by atoms with Gasteiger partial charge in [0.25, 0.3) is 5.91 Å². The number of amides is 1. The number of aromatic nitrogens is 1. The van der Waals surface area contributed by atoms with E-state index in [-0.39, 0.29) is 30.3 Å². The molecule has 8 heteroatoms. The number of benzene rings is 1. The number of hydrogen-bond donors (Lipinski definition) is 0. The Morgan fingerprint density at radius 2 is 1.91 bits per heavy atom. The maximum Gasteiger partial charge on any atom is 0.252 e. The number of carbonyl (C=O) groups excluding carboxylic acids is 2. The highest BCUT2D eigenvalue weighted by atomic mass is 35.5. The number of halogens is 2. The lowest BCUT2D eigenvalue weighted by Gasteiger charge is -2.41. The van der Waals surface area contributed by atoms with Gasteiger partial charge in [-0.3, -0.25) is 19.5 Å². The van der Waals surface area contributed by atoms with Crippen molar-refractivity contribution in [3.63, 3.8) is 0 Å². The van der Waals surface area contributed by atoms with E-state index in [1.807, 2.05) is 24.0 Å². The Labute approximate surface area is 204 Å². The summed E-state index contributed by atoms with van der Waals surface area (Å²) in [6.07, 6.45) is 4.78. The summed E-state index contributed by atoms with van der Waals surface area (Å²) in [6.45, 7) is 7.78. The molecule has 6 nitrogen and oxygen atoms in total. The van der Waals surface area contributed by atoms with Crippen molar-refractivity contribution in [1.82, 2.24) is 14.8 Å². The van der Waals surface area contributed by atoms with Crippen LogP contribution in [0.15, 0.2) is 30.6 Å². The summed E-state index contributed by atoms with van der Waals surface area (Å²) in [7, 11) is 0. The van der Waals surface area contributed by atoms with Gasteiger partial charge in [0.05, 0.1) is 5.02 Å². The van der Waals surface area contributed by atoms with Crippen LogP contribution >= 0.6 is 23.2 Å². The first kappa shape index (κ1) is 24.1. The third-order valence-corrected chi connectivity index (χ3v) is 6.98. The van der Waals surface area contributed by atoms with Crippen LogP contribution in [0.2, 0.25) is 10.0 Å². The molecule has 4 rings (SSSR count). The Kier molecular flexibility index (Phi) is 7.69. The second-order valence-electron chi connectivity index (χ2n) is 8.96. The summed E-state index contributed by atoms with van der Waals surface area (Å²) in [5.74, 6) is 0.0751. The molecule has 0 unspecified atom stereocenters. The fourth-order valence-corrected chi connectivity index (χ4v) is 5.12. The molecule has 1 aromatic carbocycles. The number of pyridine rings is 1. The molecule has 2 aliphatic heterocycles. The number of nitrogens with zero attached hydrogens (tertiary/aromatic N) is 3. The van der Waals surface area contributed by atoms with E-state index < -0.39 is 0 Å². The molecule has 0 bridgehead atoms. The summed E-state index contributed by atoms with van der Waals surface area (Å²) >= 11 is 12.4. The highest BCUT2D eigenvalue weighted by molar-refractivity contribution is 6.31. The minimum absolute atomic E-state index is 0.0452. The monoisotopic (exact) mass is 489 g/mol. The van der Waals surface area contributed by atoms with Crippen molar-refractivity contribution in [2.75, 3.05) is 26.2 Å². The largest absolute Gasteiger partial charge is 0.368 e. The van der Waals surface area contributed by atoms with Gasteiger partial charge in [0.1, 0.15) is 6.10 Å². The molecule has 2 fully saturated rings. The Balaban J connectivity index is 1.43. The molecule has 0 spiro atoms. The van der Waals surface area contributed by atoms with Crippen molar-refractivity contribution in [3.8, 4) is 0 Å². The zero-order chi connectivity index (χ0) is 23.5. The van der Waals surface area contributed by atoms with Crippen molar-refractivity contribution in [1.29, 1.82) is 0 Å². The molecule has 2 atom stereocenters. The SMILES string of the molecule is Cc1c(CC(=O)c2cncc(Cl)c2)cc(Cl)cc1CN1CCN(C(=O)[C@H]2CCCO2)[C@@H](C)C1. The molecular formula is C25H29Cl2N3O3. The molecule has 1 aromatic heterocycles. The number of Topliss-reactive ketones (excluding diaryl/α,β-unsaturated/α-hetero) is 1. The molecule has 0 aliphatic carbocycles. The predicted molar refractivity (Wildman–Crippen MR) is 129 cm³/mol. The van der Waals surface area contributed by atoms with Gasteiger partial charge in [0.2, 0.25) is 0 Å². The van der Waals surface area contributed by atoms with E-state index in [2.05, 4.69) is 16.8 Å². The molecule has 33 heavy (non-hydrogen) atoms. The highest BCUT2D eigenvalue weighted by Crippen LogP contribution is 2.25. The zero-order valence-corrected chi connectivity index (χ0v) is 20.5. The molecule has 0 saturated carbocycles. The van der Waals surface area contributed by atoms with Crippen molar-refractivity contribution in [2.24, 2.45) is 0 Å². The third-order valence-electron chi connectivity index (χ3n) is 6.56. The number of ketones is 1. The molecule has 2 aromatic rings. The predicted octanol–water partition coefficient (Wildman–Crippen LogP) is 4.33.